The number of amides is 1. The van der Waals surface area contributed by atoms with Crippen molar-refractivity contribution in [2.45, 2.75) is 12.4 Å². The zero-order valence-electron chi connectivity index (χ0n) is 11.9. The molecular weight excluding hydrogens is 360 g/mol. The van der Waals surface area contributed by atoms with Gasteiger partial charge in [0.1, 0.15) is 5.75 Å². The maximum Gasteiger partial charge on any atom is 0.416 e. The first-order chi connectivity index (χ1) is 11.0. The molecule has 0 spiro atoms. The van der Waals surface area contributed by atoms with E-state index in [-0.39, 0.29) is 17.4 Å². The molecule has 0 aliphatic heterocycles. The number of carbonyl (C=O) groups excluding carboxylic acids is 1. The van der Waals surface area contributed by atoms with Crippen LogP contribution in [0.1, 0.15) is 21.5 Å². The Morgan fingerprint density at radius 3 is 2.00 bits per heavy atom. The van der Waals surface area contributed by atoms with Crippen LogP contribution in [0.2, 0.25) is 0 Å². The standard InChI is InChI=1S/C14H9F6NO2S/c1-23-11-6-24-5-10(11)12(22)21-9-3-7(13(15,16)17)2-8(4-9)14(18,19)20/h2-6H,1H3,(H,21,22). The van der Waals surface area contributed by atoms with Crippen molar-refractivity contribution in [3.8, 4) is 5.75 Å². The minimum atomic E-state index is -4.99. The molecule has 2 aromatic rings. The number of anilines is 1. The molecule has 0 bridgehead atoms. The van der Waals surface area contributed by atoms with Gasteiger partial charge in [-0.15, -0.1) is 11.3 Å². The van der Waals surface area contributed by atoms with Gasteiger partial charge in [-0.25, -0.2) is 0 Å². The first-order valence-corrected chi connectivity index (χ1v) is 7.17. The quantitative estimate of drug-likeness (QED) is 0.770. The molecule has 1 aromatic heterocycles. The van der Waals surface area contributed by atoms with Crippen molar-refractivity contribution in [1.82, 2.24) is 0 Å². The van der Waals surface area contributed by atoms with Gasteiger partial charge < -0.3 is 10.1 Å². The van der Waals surface area contributed by atoms with E-state index in [1.165, 1.54) is 17.9 Å². The van der Waals surface area contributed by atoms with Crippen molar-refractivity contribution in [2.24, 2.45) is 0 Å². The molecule has 0 radical (unpaired) electrons. The topological polar surface area (TPSA) is 38.3 Å². The highest BCUT2D eigenvalue weighted by atomic mass is 32.1. The summed E-state index contributed by atoms with van der Waals surface area (Å²) in [5, 5.41) is 4.87. The molecule has 24 heavy (non-hydrogen) atoms. The van der Waals surface area contributed by atoms with Crippen LogP contribution < -0.4 is 10.1 Å². The Bertz CT molecular complexity index is 718. The smallest absolute Gasteiger partial charge is 0.416 e. The van der Waals surface area contributed by atoms with Crippen molar-refractivity contribution >= 4 is 22.9 Å². The molecule has 0 aliphatic carbocycles. The molecule has 2 rings (SSSR count). The van der Waals surface area contributed by atoms with Crippen LogP contribution in [0.4, 0.5) is 32.0 Å². The maximum absolute atomic E-state index is 12.8. The lowest BCUT2D eigenvalue weighted by atomic mass is 10.1. The summed E-state index contributed by atoms with van der Waals surface area (Å²) in [4.78, 5) is 12.0. The van der Waals surface area contributed by atoms with Crippen LogP contribution in [0.15, 0.2) is 29.0 Å². The second-order valence-electron chi connectivity index (χ2n) is 4.60. The fraction of sp³-hybridized carbons (Fsp3) is 0.214. The van der Waals surface area contributed by atoms with Gasteiger partial charge in [-0.1, -0.05) is 0 Å². The Labute approximate surface area is 135 Å². The molecule has 1 aromatic carbocycles. The minimum absolute atomic E-state index is 0.00784. The van der Waals surface area contributed by atoms with Crippen LogP contribution in [-0.4, -0.2) is 13.0 Å². The lowest BCUT2D eigenvalue weighted by molar-refractivity contribution is -0.143. The van der Waals surface area contributed by atoms with E-state index in [0.717, 1.165) is 11.3 Å². The second kappa shape index (κ2) is 6.34. The van der Waals surface area contributed by atoms with Gasteiger partial charge in [-0.3, -0.25) is 4.79 Å². The number of ether oxygens (including phenoxy) is 1. The summed E-state index contributed by atoms with van der Waals surface area (Å²) in [6.45, 7) is 0. The fourth-order valence-corrected chi connectivity index (χ4v) is 2.61. The highest BCUT2D eigenvalue weighted by Crippen LogP contribution is 2.37. The van der Waals surface area contributed by atoms with Crippen LogP contribution in [-0.2, 0) is 12.4 Å². The zero-order valence-corrected chi connectivity index (χ0v) is 12.7. The van der Waals surface area contributed by atoms with E-state index in [2.05, 4.69) is 0 Å². The van der Waals surface area contributed by atoms with Crippen molar-refractivity contribution in [2.75, 3.05) is 12.4 Å². The summed E-state index contributed by atoms with van der Waals surface area (Å²) in [5.74, 6) is -0.707. The molecule has 0 aliphatic rings. The third kappa shape index (κ3) is 3.99. The van der Waals surface area contributed by atoms with E-state index in [0.29, 0.717) is 12.1 Å². The van der Waals surface area contributed by atoms with Crippen LogP contribution in [0.25, 0.3) is 0 Å². The van der Waals surface area contributed by atoms with Gasteiger partial charge in [0.25, 0.3) is 5.91 Å². The summed E-state index contributed by atoms with van der Waals surface area (Å²) in [5.41, 5.74) is -3.63. The molecule has 1 amide bonds. The van der Waals surface area contributed by atoms with Gasteiger partial charge in [0.2, 0.25) is 0 Å². The normalized spacial score (nSPS) is 12.1. The molecule has 3 nitrogen and oxygen atoms in total. The Morgan fingerprint density at radius 2 is 1.54 bits per heavy atom. The third-order valence-corrected chi connectivity index (χ3v) is 3.66. The van der Waals surface area contributed by atoms with Gasteiger partial charge >= 0.3 is 12.4 Å². The lowest BCUT2D eigenvalue weighted by Gasteiger charge is -2.14. The molecule has 130 valence electrons. The average Bonchev–Trinajstić information content (AvgIpc) is 2.93. The maximum atomic E-state index is 12.8. The van der Waals surface area contributed by atoms with Gasteiger partial charge in [-0.05, 0) is 18.2 Å². The lowest BCUT2D eigenvalue weighted by Crippen LogP contribution is -2.16. The van der Waals surface area contributed by atoms with Crippen molar-refractivity contribution in [3.05, 3.63) is 45.6 Å². The number of carbonyl (C=O) groups is 1. The van der Waals surface area contributed by atoms with E-state index >= 15 is 0 Å². The summed E-state index contributed by atoms with van der Waals surface area (Å²) in [6, 6.07) is 0.860. The van der Waals surface area contributed by atoms with Gasteiger partial charge in [0, 0.05) is 16.4 Å². The first-order valence-electron chi connectivity index (χ1n) is 6.23. The fourth-order valence-electron chi connectivity index (χ4n) is 1.83. The van der Waals surface area contributed by atoms with Gasteiger partial charge in [-0.2, -0.15) is 26.3 Å². The molecule has 10 heteroatoms. The highest BCUT2D eigenvalue weighted by molar-refractivity contribution is 7.08. The number of thiophene rings is 1. The predicted octanol–water partition coefficient (Wildman–Crippen LogP) is 5.05. The molecule has 0 saturated carbocycles. The number of halogens is 6. The van der Waals surface area contributed by atoms with Crippen molar-refractivity contribution in [1.29, 1.82) is 0 Å². The van der Waals surface area contributed by atoms with Gasteiger partial charge in [0.05, 0.1) is 23.8 Å². The van der Waals surface area contributed by atoms with E-state index < -0.39 is 35.1 Å². The van der Waals surface area contributed by atoms with Crippen LogP contribution in [0, 0.1) is 0 Å². The van der Waals surface area contributed by atoms with Crippen LogP contribution in [0.5, 0.6) is 5.75 Å². The Hall–Kier alpha value is -2.23. The van der Waals surface area contributed by atoms with Crippen molar-refractivity contribution < 1.29 is 35.9 Å². The molecule has 0 fully saturated rings. The van der Waals surface area contributed by atoms with E-state index in [1.54, 1.807) is 0 Å². The van der Waals surface area contributed by atoms with E-state index in [1.807, 2.05) is 5.32 Å². The zero-order chi connectivity index (χ0) is 18.1. The third-order valence-electron chi connectivity index (χ3n) is 2.94. The number of hydrogen-bond donors (Lipinski definition) is 1. The highest BCUT2D eigenvalue weighted by Gasteiger charge is 2.37. The van der Waals surface area contributed by atoms with E-state index in [4.69, 9.17) is 4.74 Å². The monoisotopic (exact) mass is 369 g/mol. The largest absolute Gasteiger partial charge is 0.495 e. The van der Waals surface area contributed by atoms with Gasteiger partial charge in [0.15, 0.2) is 0 Å². The molecule has 0 saturated heterocycles. The van der Waals surface area contributed by atoms with Crippen LogP contribution >= 0.6 is 11.3 Å². The summed E-state index contributed by atoms with van der Waals surface area (Å²) < 4.78 is 81.5. The molecule has 1 N–H and O–H groups in total. The Morgan fingerprint density at radius 1 is 1.00 bits per heavy atom. The molecule has 1 heterocycles. The van der Waals surface area contributed by atoms with E-state index in [9.17, 15) is 31.1 Å². The summed E-state index contributed by atoms with van der Waals surface area (Å²) in [6.07, 6.45) is -9.97. The second-order valence-corrected chi connectivity index (χ2v) is 5.35. The number of methoxy groups -OCH3 is 1. The average molecular weight is 369 g/mol. The Kier molecular flexibility index (Phi) is 4.79. The number of nitrogens with one attached hydrogen (secondary N) is 1. The minimum Gasteiger partial charge on any atom is -0.495 e. The number of hydrogen-bond acceptors (Lipinski definition) is 3. The molecular formula is C14H9F6NO2S. The van der Waals surface area contributed by atoms with Crippen molar-refractivity contribution in [3.63, 3.8) is 0 Å². The SMILES string of the molecule is COc1cscc1C(=O)Nc1cc(C(F)(F)F)cc(C(F)(F)F)c1. The Balaban J connectivity index is 2.41. The predicted molar refractivity (Wildman–Crippen MR) is 75.3 cm³/mol. The molecule has 0 unspecified atom stereocenters. The summed E-state index contributed by atoms with van der Waals surface area (Å²) >= 11 is 1.10. The summed E-state index contributed by atoms with van der Waals surface area (Å²) in [7, 11) is 1.28. The number of benzene rings is 1. The van der Waals surface area contributed by atoms with Crippen LogP contribution in [0.3, 0.4) is 0 Å². The number of alkyl halides is 6. The molecule has 0 atom stereocenters. The number of rotatable bonds is 3. The first kappa shape index (κ1) is 18.1.